The molecule has 1 aromatic rings. The topological polar surface area (TPSA) is 60.4 Å². The Kier molecular flexibility index (Phi) is 4.97. The van der Waals surface area contributed by atoms with Crippen LogP contribution in [0.25, 0.3) is 0 Å². The number of hydrogen-bond acceptors (Lipinski definition) is 4. The molecule has 0 atom stereocenters. The molecule has 0 fully saturated rings. The fraction of sp³-hybridized carbons (Fsp3) is 0.250. The van der Waals surface area contributed by atoms with Crippen molar-refractivity contribution in [2.45, 2.75) is 13.3 Å². The minimum absolute atomic E-state index is 0.00397. The van der Waals surface area contributed by atoms with Crippen molar-refractivity contribution in [3.63, 3.8) is 0 Å². The highest BCUT2D eigenvalue weighted by Gasteiger charge is 2.21. The van der Waals surface area contributed by atoms with Crippen molar-refractivity contribution in [3.05, 3.63) is 34.6 Å². The highest BCUT2D eigenvalue weighted by molar-refractivity contribution is 6.40. The van der Waals surface area contributed by atoms with Crippen LogP contribution in [0.2, 0.25) is 5.02 Å². The summed E-state index contributed by atoms with van der Waals surface area (Å²) in [4.78, 5) is 34.0. The molecule has 0 radical (unpaired) electrons. The highest BCUT2D eigenvalue weighted by atomic mass is 35.5. The summed E-state index contributed by atoms with van der Waals surface area (Å²) in [5.41, 5.74) is -0.00397. The first-order chi connectivity index (χ1) is 8.45. The minimum Gasteiger partial charge on any atom is -0.460 e. The van der Waals surface area contributed by atoms with Gasteiger partial charge in [0.25, 0.3) is 0 Å². The SMILES string of the molecule is CCOC(=O)C(=O)CC(=O)c1ccc(F)cc1Cl. The highest BCUT2D eigenvalue weighted by Crippen LogP contribution is 2.18. The molecule has 0 heterocycles. The van der Waals surface area contributed by atoms with Gasteiger partial charge >= 0.3 is 5.97 Å². The third kappa shape index (κ3) is 3.63. The second-order valence-electron chi connectivity index (χ2n) is 3.37. The van der Waals surface area contributed by atoms with E-state index < -0.39 is 29.8 Å². The van der Waals surface area contributed by atoms with Crippen molar-refractivity contribution >= 4 is 29.1 Å². The summed E-state index contributed by atoms with van der Waals surface area (Å²) in [5.74, 6) is -3.27. The molecule has 1 rings (SSSR count). The summed E-state index contributed by atoms with van der Waals surface area (Å²) >= 11 is 5.66. The quantitative estimate of drug-likeness (QED) is 0.357. The number of benzene rings is 1. The van der Waals surface area contributed by atoms with Gasteiger partial charge in [-0.25, -0.2) is 9.18 Å². The van der Waals surface area contributed by atoms with Crippen molar-refractivity contribution < 1.29 is 23.5 Å². The number of carbonyl (C=O) groups excluding carboxylic acids is 3. The number of ketones is 2. The first kappa shape index (κ1) is 14.3. The summed E-state index contributed by atoms with van der Waals surface area (Å²) in [7, 11) is 0. The van der Waals surface area contributed by atoms with Crippen molar-refractivity contribution in [3.8, 4) is 0 Å². The van der Waals surface area contributed by atoms with Gasteiger partial charge in [0, 0.05) is 5.56 Å². The number of esters is 1. The molecule has 0 saturated carbocycles. The lowest BCUT2D eigenvalue weighted by atomic mass is 10.1. The minimum atomic E-state index is -1.07. The average molecular weight is 273 g/mol. The zero-order valence-electron chi connectivity index (χ0n) is 9.54. The Morgan fingerprint density at radius 2 is 2.00 bits per heavy atom. The molecular formula is C12H10ClFO4. The van der Waals surface area contributed by atoms with Gasteiger partial charge in [0.1, 0.15) is 5.82 Å². The Morgan fingerprint density at radius 1 is 1.33 bits per heavy atom. The van der Waals surface area contributed by atoms with Gasteiger partial charge in [0.05, 0.1) is 18.1 Å². The summed E-state index contributed by atoms with van der Waals surface area (Å²) in [5, 5.41) is -0.100. The largest absolute Gasteiger partial charge is 0.460 e. The molecular weight excluding hydrogens is 263 g/mol. The van der Waals surface area contributed by atoms with Crippen LogP contribution in [-0.2, 0) is 14.3 Å². The van der Waals surface area contributed by atoms with Gasteiger partial charge in [-0.2, -0.15) is 0 Å². The molecule has 0 aromatic heterocycles. The number of carbonyl (C=O) groups is 3. The predicted molar refractivity (Wildman–Crippen MR) is 62.0 cm³/mol. The summed E-state index contributed by atoms with van der Waals surface area (Å²) in [6.07, 6.45) is -0.649. The van der Waals surface area contributed by atoms with E-state index in [1.807, 2.05) is 0 Å². The maximum atomic E-state index is 12.8. The van der Waals surface area contributed by atoms with Crippen molar-refractivity contribution in [1.29, 1.82) is 0 Å². The van der Waals surface area contributed by atoms with Gasteiger partial charge < -0.3 is 4.74 Å². The number of Topliss-reactive ketones (excluding diaryl/α,β-unsaturated/α-hetero) is 2. The summed E-state index contributed by atoms with van der Waals surface area (Å²) < 4.78 is 17.2. The molecule has 0 spiro atoms. The monoisotopic (exact) mass is 272 g/mol. The fourth-order valence-electron chi connectivity index (χ4n) is 1.24. The predicted octanol–water partition coefficient (Wildman–Crippen LogP) is 2.18. The molecule has 0 aliphatic heterocycles. The van der Waals surface area contributed by atoms with E-state index in [0.29, 0.717) is 0 Å². The number of halogens is 2. The first-order valence-corrected chi connectivity index (χ1v) is 5.51. The summed E-state index contributed by atoms with van der Waals surface area (Å²) in [6.45, 7) is 1.60. The van der Waals surface area contributed by atoms with E-state index in [9.17, 15) is 18.8 Å². The number of ether oxygens (including phenoxy) is 1. The van der Waals surface area contributed by atoms with E-state index >= 15 is 0 Å². The van der Waals surface area contributed by atoms with Gasteiger partial charge in [0.15, 0.2) is 5.78 Å². The first-order valence-electron chi connectivity index (χ1n) is 5.14. The standard InChI is InChI=1S/C12H10ClFO4/c1-2-18-12(17)11(16)6-10(15)8-4-3-7(14)5-9(8)13/h3-5H,2,6H2,1H3. The molecule has 0 aliphatic rings. The second kappa shape index (κ2) is 6.26. The van der Waals surface area contributed by atoms with Gasteiger partial charge in [-0.3, -0.25) is 9.59 Å². The zero-order valence-corrected chi connectivity index (χ0v) is 10.3. The maximum Gasteiger partial charge on any atom is 0.375 e. The molecule has 1 aromatic carbocycles. The van der Waals surface area contributed by atoms with E-state index in [2.05, 4.69) is 4.74 Å². The fourth-order valence-corrected chi connectivity index (χ4v) is 1.51. The Bertz CT molecular complexity index is 499. The van der Waals surface area contributed by atoms with Crippen LogP contribution >= 0.6 is 11.6 Å². The molecule has 0 amide bonds. The maximum absolute atomic E-state index is 12.8. The van der Waals surface area contributed by atoms with Crippen LogP contribution in [0.15, 0.2) is 18.2 Å². The van der Waals surface area contributed by atoms with Crippen LogP contribution in [0.5, 0.6) is 0 Å². The van der Waals surface area contributed by atoms with Crippen molar-refractivity contribution in [2.75, 3.05) is 6.61 Å². The Morgan fingerprint density at radius 3 is 2.56 bits per heavy atom. The van der Waals surface area contributed by atoms with Crippen LogP contribution in [0, 0.1) is 5.82 Å². The normalized spacial score (nSPS) is 9.94. The van der Waals surface area contributed by atoms with Crippen LogP contribution in [-0.4, -0.2) is 24.1 Å². The number of hydrogen-bond donors (Lipinski definition) is 0. The Labute approximate surface area is 108 Å². The lowest BCUT2D eigenvalue weighted by Crippen LogP contribution is -2.20. The number of rotatable bonds is 5. The third-order valence-electron chi connectivity index (χ3n) is 2.06. The molecule has 18 heavy (non-hydrogen) atoms. The van der Waals surface area contributed by atoms with Crippen LogP contribution < -0.4 is 0 Å². The molecule has 0 N–H and O–H groups in total. The van der Waals surface area contributed by atoms with E-state index in [0.717, 1.165) is 12.1 Å². The van der Waals surface area contributed by atoms with Gasteiger partial charge in [-0.1, -0.05) is 11.6 Å². The average Bonchev–Trinajstić information content (AvgIpc) is 2.28. The Balaban J connectivity index is 2.77. The van der Waals surface area contributed by atoms with Crippen LogP contribution in [0.3, 0.4) is 0 Å². The van der Waals surface area contributed by atoms with Crippen LogP contribution in [0.1, 0.15) is 23.7 Å². The Hall–Kier alpha value is -1.75. The molecule has 4 nitrogen and oxygen atoms in total. The van der Waals surface area contributed by atoms with E-state index in [1.54, 1.807) is 6.92 Å². The van der Waals surface area contributed by atoms with Gasteiger partial charge in [0.2, 0.25) is 5.78 Å². The lowest BCUT2D eigenvalue weighted by molar-refractivity contribution is -0.153. The molecule has 0 unspecified atom stereocenters. The van der Waals surface area contributed by atoms with Crippen molar-refractivity contribution in [1.82, 2.24) is 0 Å². The molecule has 96 valence electrons. The molecule has 6 heteroatoms. The third-order valence-corrected chi connectivity index (χ3v) is 2.37. The van der Waals surface area contributed by atoms with Gasteiger partial charge in [-0.15, -0.1) is 0 Å². The lowest BCUT2D eigenvalue weighted by Gasteiger charge is -2.03. The van der Waals surface area contributed by atoms with E-state index in [4.69, 9.17) is 11.6 Å². The summed E-state index contributed by atoms with van der Waals surface area (Å²) in [6, 6.07) is 3.18. The molecule has 0 saturated heterocycles. The van der Waals surface area contributed by atoms with Crippen LogP contribution in [0.4, 0.5) is 4.39 Å². The van der Waals surface area contributed by atoms with E-state index in [-0.39, 0.29) is 17.2 Å². The van der Waals surface area contributed by atoms with Gasteiger partial charge in [-0.05, 0) is 25.1 Å². The van der Waals surface area contributed by atoms with E-state index in [1.165, 1.54) is 6.07 Å². The molecule has 0 bridgehead atoms. The molecule has 0 aliphatic carbocycles. The zero-order chi connectivity index (χ0) is 13.7. The second-order valence-corrected chi connectivity index (χ2v) is 3.77. The smallest absolute Gasteiger partial charge is 0.375 e. The van der Waals surface area contributed by atoms with Crippen molar-refractivity contribution in [2.24, 2.45) is 0 Å².